The molecule has 4 heterocycles. The van der Waals surface area contributed by atoms with Crippen LogP contribution < -0.4 is 53.4 Å². The van der Waals surface area contributed by atoms with Crippen LogP contribution in [0.5, 0.6) is 0 Å². The number of likely N-dealkylation sites (N-methyl/N-ethyl adjacent to an activating group) is 1. The van der Waals surface area contributed by atoms with Crippen LogP contribution in [0.2, 0.25) is 10.0 Å². The molecule has 1 aliphatic rings. The SMILES string of the molecule is C=C(CN(C)CCNc1c(NCc2ccc(Nc3ncc(Cl)c(Nc4ccccc4C(=O)NC)n3)cc2)c(=O)c1=O)C(=O)NCCNC(=O)CCOCCOCCOCCOCCNC(=O)CC1N=C(c2ccc(Cl)cc2)c2c(sc(C)c2C)-n2c(C)nnc21. The summed E-state index contributed by atoms with van der Waals surface area (Å²) < 4.78 is 24.4. The van der Waals surface area contributed by atoms with Gasteiger partial charge in [0, 0.05) is 91.6 Å². The Morgan fingerprint density at radius 2 is 1.40 bits per heavy atom. The summed E-state index contributed by atoms with van der Waals surface area (Å²) in [5, 5.41) is 34.1. The van der Waals surface area contributed by atoms with Gasteiger partial charge < -0.3 is 66.4 Å². The molecule has 4 amide bonds. The van der Waals surface area contributed by atoms with Gasteiger partial charge in [0.1, 0.15) is 33.3 Å². The number of halogens is 2. The van der Waals surface area contributed by atoms with Crippen molar-refractivity contribution in [2.45, 2.75) is 46.2 Å². The van der Waals surface area contributed by atoms with Crippen molar-refractivity contribution < 1.29 is 38.1 Å². The Labute approximate surface area is 534 Å². The lowest BCUT2D eigenvalue weighted by atomic mass is 9.99. The molecule has 3 aromatic heterocycles. The van der Waals surface area contributed by atoms with E-state index in [1.54, 1.807) is 49.7 Å². The second kappa shape index (κ2) is 33.4. The van der Waals surface area contributed by atoms with E-state index < -0.39 is 16.9 Å². The molecule has 8 N–H and O–H groups in total. The molecule has 1 aliphatic heterocycles. The monoisotopic (exact) mass is 1290 g/mol. The van der Waals surface area contributed by atoms with Gasteiger partial charge in [0.15, 0.2) is 11.6 Å². The molecule has 0 radical (unpaired) electrons. The molecule has 476 valence electrons. The summed E-state index contributed by atoms with van der Waals surface area (Å²) in [7, 11) is 3.34. The zero-order valence-corrected chi connectivity index (χ0v) is 53.0. The van der Waals surface area contributed by atoms with Crippen LogP contribution >= 0.6 is 34.5 Å². The summed E-state index contributed by atoms with van der Waals surface area (Å²) in [4.78, 5) is 92.6. The van der Waals surface area contributed by atoms with Crippen LogP contribution in [0.4, 0.5) is 34.5 Å². The van der Waals surface area contributed by atoms with Crippen molar-refractivity contribution in [3.63, 3.8) is 0 Å². The first kappa shape index (κ1) is 67.5. The number of nitrogens with one attached hydrogen (secondary N) is 8. The minimum atomic E-state index is -0.616. The molecule has 25 nitrogen and oxygen atoms in total. The highest BCUT2D eigenvalue weighted by molar-refractivity contribution is 7.15. The van der Waals surface area contributed by atoms with E-state index in [-0.39, 0.29) is 91.6 Å². The molecule has 1 unspecified atom stereocenters. The highest BCUT2D eigenvalue weighted by Gasteiger charge is 2.33. The van der Waals surface area contributed by atoms with Crippen molar-refractivity contribution in [1.82, 2.24) is 50.9 Å². The van der Waals surface area contributed by atoms with E-state index in [2.05, 4.69) is 83.1 Å². The molecule has 7 aromatic rings. The number of carbonyl (C=O) groups excluding carboxylic acids is 4. The molecule has 1 atom stereocenters. The van der Waals surface area contributed by atoms with Crippen LogP contribution in [0, 0.1) is 20.8 Å². The number of amides is 4. The van der Waals surface area contributed by atoms with Gasteiger partial charge in [0.2, 0.25) is 23.7 Å². The van der Waals surface area contributed by atoms with Crippen LogP contribution in [-0.4, -0.2) is 165 Å². The van der Waals surface area contributed by atoms with E-state index >= 15 is 0 Å². The van der Waals surface area contributed by atoms with Crippen molar-refractivity contribution in [3.8, 4) is 5.00 Å². The third kappa shape index (κ3) is 18.6. The summed E-state index contributed by atoms with van der Waals surface area (Å²) in [5.74, 6) is 0.846. The number of nitrogens with zero attached hydrogens (tertiary/aromatic N) is 7. The number of aliphatic imine (C=N–C) groups is 1. The normalized spacial score (nSPS) is 12.6. The number of thiophene rings is 1. The molecule has 0 bridgehead atoms. The molecule has 0 spiro atoms. The minimum Gasteiger partial charge on any atom is -0.379 e. The van der Waals surface area contributed by atoms with E-state index in [0.717, 1.165) is 38.8 Å². The van der Waals surface area contributed by atoms with Gasteiger partial charge in [-0.3, -0.25) is 38.3 Å². The molecular weight excluding hydrogens is 1220 g/mol. The standard InChI is InChI=1S/C62H73Cl2N15O10S/c1-37(36-78(6)24-22-68-53-54(56(83)55(53)82)70-34-41-11-17-44(18-12-41)72-62-71-35-46(64)57(75-62)74-47-10-8-7-9-45(47)60(85)65-5)59(84)69-21-20-66-49(80)19-25-86-27-29-88-31-32-89-30-28-87-26-23-67-50(81)33-48-58-77-76-40(4)79(58)61-51(38(2)39(3)90-61)52(73-48)42-13-15-43(63)16-14-42/h7-18,35,48,68,70H,1,19-34,36H2,2-6H3,(H,65,85)(H,66,80)(H,67,81)(H,69,84)(H2,71,72,74,75). The topological polar surface area (TPSA) is 308 Å². The van der Waals surface area contributed by atoms with Gasteiger partial charge in [-0.05, 0) is 75.3 Å². The van der Waals surface area contributed by atoms with E-state index in [4.69, 9.17) is 47.1 Å². The zero-order chi connectivity index (χ0) is 64.1. The van der Waals surface area contributed by atoms with Gasteiger partial charge in [-0.25, -0.2) is 4.98 Å². The Kier molecular flexibility index (Phi) is 25.0. The van der Waals surface area contributed by atoms with E-state index in [9.17, 15) is 28.8 Å². The fourth-order valence-corrected chi connectivity index (χ4v) is 10.8. The van der Waals surface area contributed by atoms with Crippen LogP contribution in [0.25, 0.3) is 5.00 Å². The zero-order valence-electron chi connectivity index (χ0n) is 50.7. The molecule has 0 fully saturated rings. The van der Waals surface area contributed by atoms with Gasteiger partial charge in [-0.2, -0.15) is 4.98 Å². The Balaban J connectivity index is 0.608. The first-order valence-electron chi connectivity index (χ1n) is 29.1. The summed E-state index contributed by atoms with van der Waals surface area (Å²) in [5.41, 5.74) is 5.72. The number of hydrogen-bond acceptors (Lipinski definition) is 21. The molecule has 4 aromatic carbocycles. The van der Waals surface area contributed by atoms with Gasteiger partial charge in [0.25, 0.3) is 16.8 Å². The Hall–Kier alpha value is -8.47. The molecular formula is C62H73Cl2N15O10S. The highest BCUT2D eigenvalue weighted by atomic mass is 35.5. The quantitative estimate of drug-likeness (QED) is 0.0125. The summed E-state index contributed by atoms with van der Waals surface area (Å²) in [6.45, 7) is 14.5. The van der Waals surface area contributed by atoms with Crippen LogP contribution in [0.15, 0.2) is 106 Å². The average molecular weight is 1290 g/mol. The van der Waals surface area contributed by atoms with Crippen molar-refractivity contribution in [2.24, 2.45) is 4.99 Å². The lowest BCUT2D eigenvalue weighted by molar-refractivity contribution is -0.123. The lowest BCUT2D eigenvalue weighted by Gasteiger charge is -2.20. The summed E-state index contributed by atoms with van der Waals surface area (Å²) in [6.07, 6.45) is 1.66. The maximum atomic E-state index is 13.2. The van der Waals surface area contributed by atoms with Crippen molar-refractivity contribution in [3.05, 3.63) is 166 Å². The summed E-state index contributed by atoms with van der Waals surface area (Å²) >= 11 is 14.3. The van der Waals surface area contributed by atoms with Gasteiger partial charge >= 0.3 is 0 Å². The maximum Gasteiger partial charge on any atom is 0.253 e. The molecule has 0 saturated carbocycles. The van der Waals surface area contributed by atoms with Gasteiger partial charge in [-0.15, -0.1) is 21.5 Å². The fourth-order valence-electron chi connectivity index (χ4n) is 9.33. The average Bonchev–Trinajstić information content (AvgIpc) is 1.57. The van der Waals surface area contributed by atoms with E-state index in [1.165, 1.54) is 11.1 Å². The predicted molar refractivity (Wildman–Crippen MR) is 349 cm³/mol. The number of fused-ring (bicyclic) bond motifs is 3. The van der Waals surface area contributed by atoms with Crippen molar-refractivity contribution in [1.29, 1.82) is 0 Å². The number of ether oxygens (including phenoxy) is 4. The summed E-state index contributed by atoms with van der Waals surface area (Å²) in [6, 6.07) is 21.3. The number of hydrogen-bond donors (Lipinski definition) is 8. The number of rotatable bonds is 36. The molecule has 0 saturated heterocycles. The van der Waals surface area contributed by atoms with Gasteiger partial charge in [0.05, 0.1) is 82.4 Å². The first-order valence-corrected chi connectivity index (χ1v) is 30.7. The maximum absolute atomic E-state index is 13.2. The minimum absolute atomic E-state index is 0.0759. The number of carbonyl (C=O) groups is 4. The first-order chi connectivity index (χ1) is 43.5. The predicted octanol–water partition coefficient (Wildman–Crippen LogP) is 6.09. The Morgan fingerprint density at radius 3 is 2.11 bits per heavy atom. The van der Waals surface area contributed by atoms with Crippen LogP contribution in [-0.2, 0) is 39.9 Å². The van der Waals surface area contributed by atoms with E-state index in [0.29, 0.717) is 105 Å². The van der Waals surface area contributed by atoms with Crippen molar-refractivity contribution in [2.75, 3.05) is 127 Å². The highest BCUT2D eigenvalue weighted by Crippen LogP contribution is 2.40. The number of aryl methyl sites for hydroxylation is 2. The second-order valence-corrected chi connectivity index (χ2v) is 22.8. The number of anilines is 6. The molecule has 8 rings (SSSR count). The third-order valence-electron chi connectivity index (χ3n) is 14.2. The Bertz CT molecular complexity index is 3740. The van der Waals surface area contributed by atoms with Crippen LogP contribution in [0.1, 0.15) is 68.0 Å². The fraction of sp³-hybridized carbons (Fsp3) is 0.371. The number of aromatic nitrogens is 5. The lowest BCUT2D eigenvalue weighted by Crippen LogP contribution is -2.39. The van der Waals surface area contributed by atoms with Crippen molar-refractivity contribution >= 4 is 98.4 Å². The number of para-hydroxylation sites is 1. The molecule has 28 heteroatoms. The van der Waals surface area contributed by atoms with E-state index in [1.807, 2.05) is 64.9 Å². The molecule has 0 aliphatic carbocycles. The number of benzene rings is 3. The second-order valence-electron chi connectivity index (χ2n) is 20.8. The van der Waals surface area contributed by atoms with Gasteiger partial charge in [-0.1, -0.05) is 66.2 Å². The largest absolute Gasteiger partial charge is 0.379 e. The Morgan fingerprint density at radius 1 is 0.744 bits per heavy atom. The third-order valence-corrected chi connectivity index (χ3v) is 15.9. The van der Waals surface area contributed by atoms with Crippen LogP contribution in [0.3, 0.4) is 0 Å². The smallest absolute Gasteiger partial charge is 0.253 e. The molecule has 90 heavy (non-hydrogen) atoms.